The van der Waals surface area contributed by atoms with Gasteiger partial charge in [0.2, 0.25) is 0 Å². The van der Waals surface area contributed by atoms with Crippen molar-refractivity contribution in [1.29, 1.82) is 0 Å². The normalized spacial score (nSPS) is 25.6. The predicted octanol–water partition coefficient (Wildman–Crippen LogP) is 0.610. The van der Waals surface area contributed by atoms with Crippen LogP contribution in [0.25, 0.3) is 0 Å². The molecule has 1 atom stereocenters. The molecule has 1 unspecified atom stereocenters. The average molecular weight is 253 g/mol. The van der Waals surface area contributed by atoms with Gasteiger partial charge in [-0.15, -0.1) is 29.9 Å². The number of carbonyl (C=O) groups excluding carboxylic acids is 1. The van der Waals surface area contributed by atoms with Gasteiger partial charge in [-0.1, -0.05) is 0 Å². The van der Waals surface area contributed by atoms with Crippen molar-refractivity contribution in [3.8, 4) is 0 Å². The molecule has 2 rings (SSSR count). The number of carbonyl (C=O) groups is 1. The number of azo groups is 1. The van der Waals surface area contributed by atoms with E-state index >= 15 is 0 Å². The van der Waals surface area contributed by atoms with E-state index < -0.39 is 0 Å². The van der Waals surface area contributed by atoms with Crippen LogP contribution in [0, 0.1) is 0 Å². The van der Waals surface area contributed by atoms with Crippen LogP contribution in [-0.2, 0) is 4.79 Å². The summed E-state index contributed by atoms with van der Waals surface area (Å²) in [6, 6.07) is 0. The highest BCUT2D eigenvalue weighted by Gasteiger charge is 2.19. The highest BCUT2D eigenvalue weighted by Crippen LogP contribution is 2.09. The van der Waals surface area contributed by atoms with E-state index in [-0.39, 0.29) is 36.9 Å². The van der Waals surface area contributed by atoms with Crippen LogP contribution in [0.4, 0.5) is 0 Å². The highest BCUT2D eigenvalue weighted by atomic mass is 35.5. The first-order valence-electron chi connectivity index (χ1n) is 4.44. The maximum atomic E-state index is 10.7. The standard InChI is InChI=1S/C8H12N4O.2ClH/c13-8-2-1-7(10-11-8)12-5-3-9-4-6-12;;/h1-2,7,9H,3-6H2;2*1H. The Labute approximate surface area is 101 Å². The molecule has 2 aliphatic rings. The molecule has 1 N–H and O–H groups in total. The minimum absolute atomic E-state index is 0. The molecule has 2 heterocycles. The fourth-order valence-electron chi connectivity index (χ4n) is 1.50. The van der Waals surface area contributed by atoms with Crippen LogP contribution in [0.5, 0.6) is 0 Å². The summed E-state index contributed by atoms with van der Waals surface area (Å²) >= 11 is 0. The highest BCUT2D eigenvalue weighted by molar-refractivity contribution is 5.88. The lowest BCUT2D eigenvalue weighted by atomic mass is 10.3. The molecule has 7 heteroatoms. The summed E-state index contributed by atoms with van der Waals surface area (Å²) in [4.78, 5) is 12.9. The minimum Gasteiger partial charge on any atom is -0.314 e. The molecule has 5 nitrogen and oxygen atoms in total. The summed E-state index contributed by atoms with van der Waals surface area (Å²) in [7, 11) is 0. The van der Waals surface area contributed by atoms with Gasteiger partial charge < -0.3 is 5.32 Å². The first kappa shape index (κ1) is 14.5. The molecule has 2 aliphatic heterocycles. The second-order valence-corrected chi connectivity index (χ2v) is 3.11. The topological polar surface area (TPSA) is 57.1 Å². The fraction of sp³-hybridized carbons (Fsp3) is 0.625. The van der Waals surface area contributed by atoms with Gasteiger partial charge in [-0.25, -0.2) is 0 Å². The number of nitrogens with one attached hydrogen (secondary N) is 1. The largest absolute Gasteiger partial charge is 0.314 e. The van der Waals surface area contributed by atoms with E-state index in [0.717, 1.165) is 26.2 Å². The Bertz CT molecular complexity index is 247. The van der Waals surface area contributed by atoms with Crippen molar-refractivity contribution in [2.45, 2.75) is 6.17 Å². The second kappa shape index (κ2) is 6.90. The van der Waals surface area contributed by atoms with E-state index in [1.807, 2.05) is 0 Å². The zero-order valence-electron chi connectivity index (χ0n) is 8.13. The van der Waals surface area contributed by atoms with Crippen LogP contribution in [0.2, 0.25) is 0 Å². The van der Waals surface area contributed by atoms with Gasteiger partial charge in [0.15, 0.2) is 0 Å². The third kappa shape index (κ3) is 3.87. The first-order chi connectivity index (χ1) is 6.36. The minimum atomic E-state index is -0.258. The number of nitrogens with zero attached hydrogens (tertiary/aromatic N) is 3. The Hall–Kier alpha value is -0.490. The molecule has 0 bridgehead atoms. The summed E-state index contributed by atoms with van der Waals surface area (Å²) in [6.45, 7) is 3.88. The van der Waals surface area contributed by atoms with Gasteiger partial charge >= 0.3 is 0 Å². The van der Waals surface area contributed by atoms with E-state index in [1.165, 1.54) is 6.08 Å². The predicted molar refractivity (Wildman–Crippen MR) is 61.7 cm³/mol. The average Bonchev–Trinajstić information content (AvgIpc) is 2.20. The number of halogens is 2. The summed E-state index contributed by atoms with van der Waals surface area (Å²) < 4.78 is 0. The molecule has 1 saturated heterocycles. The summed E-state index contributed by atoms with van der Waals surface area (Å²) in [5.41, 5.74) is 0. The molecule has 0 spiro atoms. The van der Waals surface area contributed by atoms with Gasteiger partial charge in [0.05, 0.1) is 0 Å². The van der Waals surface area contributed by atoms with Crippen LogP contribution in [0.15, 0.2) is 22.4 Å². The first-order valence-corrected chi connectivity index (χ1v) is 4.44. The van der Waals surface area contributed by atoms with Crippen LogP contribution in [-0.4, -0.2) is 43.2 Å². The van der Waals surface area contributed by atoms with Crippen molar-refractivity contribution < 1.29 is 4.79 Å². The molecule has 0 saturated carbocycles. The van der Waals surface area contributed by atoms with Crippen molar-refractivity contribution in [2.24, 2.45) is 10.2 Å². The molecule has 0 radical (unpaired) electrons. The van der Waals surface area contributed by atoms with Crippen LogP contribution in [0.3, 0.4) is 0 Å². The van der Waals surface area contributed by atoms with Crippen molar-refractivity contribution in [1.82, 2.24) is 10.2 Å². The zero-order valence-corrected chi connectivity index (χ0v) is 9.76. The maximum absolute atomic E-state index is 10.7. The third-order valence-corrected chi connectivity index (χ3v) is 2.21. The lowest BCUT2D eigenvalue weighted by Gasteiger charge is -2.30. The smallest absolute Gasteiger partial charge is 0.287 e. The molecule has 15 heavy (non-hydrogen) atoms. The van der Waals surface area contributed by atoms with Gasteiger partial charge in [-0.3, -0.25) is 9.69 Å². The number of rotatable bonds is 1. The summed E-state index contributed by atoms with van der Waals surface area (Å²) in [5.74, 6) is -0.258. The monoisotopic (exact) mass is 252 g/mol. The SMILES string of the molecule is Cl.Cl.O=C1C=CC(N2CCNCC2)N=N1. The molecular weight excluding hydrogens is 239 g/mol. The third-order valence-electron chi connectivity index (χ3n) is 2.21. The van der Waals surface area contributed by atoms with E-state index in [4.69, 9.17) is 0 Å². The quantitative estimate of drug-likeness (QED) is 0.744. The molecule has 1 fully saturated rings. The van der Waals surface area contributed by atoms with Crippen molar-refractivity contribution in [3.05, 3.63) is 12.2 Å². The van der Waals surface area contributed by atoms with Crippen LogP contribution >= 0.6 is 24.8 Å². The molecule has 1 amide bonds. The Morgan fingerprint density at radius 2 is 2.00 bits per heavy atom. The van der Waals surface area contributed by atoms with Gasteiger partial charge in [-0.2, -0.15) is 5.11 Å². The van der Waals surface area contributed by atoms with E-state index in [0.29, 0.717) is 0 Å². The van der Waals surface area contributed by atoms with Crippen molar-refractivity contribution in [3.63, 3.8) is 0 Å². The molecule has 0 aromatic carbocycles. The Kier molecular flexibility index (Phi) is 6.67. The van der Waals surface area contributed by atoms with E-state index in [1.54, 1.807) is 6.08 Å². The number of amides is 1. The van der Waals surface area contributed by atoms with Gasteiger partial charge in [-0.05, 0) is 6.08 Å². The molecular formula is C8H14Cl2N4O. The van der Waals surface area contributed by atoms with Crippen LogP contribution < -0.4 is 5.32 Å². The Morgan fingerprint density at radius 3 is 2.53 bits per heavy atom. The van der Waals surface area contributed by atoms with E-state index in [2.05, 4.69) is 20.4 Å². The summed E-state index contributed by atoms with van der Waals surface area (Å²) in [5, 5.41) is 10.7. The lowest BCUT2D eigenvalue weighted by Crippen LogP contribution is -2.47. The van der Waals surface area contributed by atoms with Crippen molar-refractivity contribution in [2.75, 3.05) is 26.2 Å². The molecule has 0 aliphatic carbocycles. The molecule has 0 aromatic heterocycles. The van der Waals surface area contributed by atoms with E-state index in [9.17, 15) is 4.79 Å². The zero-order chi connectivity index (χ0) is 9.10. The van der Waals surface area contributed by atoms with Crippen LogP contribution in [0.1, 0.15) is 0 Å². The number of piperazine rings is 1. The van der Waals surface area contributed by atoms with Gasteiger partial charge in [0.25, 0.3) is 5.91 Å². The van der Waals surface area contributed by atoms with Gasteiger partial charge in [0, 0.05) is 32.3 Å². The Morgan fingerprint density at radius 1 is 1.33 bits per heavy atom. The number of hydrogen-bond acceptors (Lipinski definition) is 4. The molecule has 0 aromatic rings. The van der Waals surface area contributed by atoms with Gasteiger partial charge in [0.1, 0.15) is 6.17 Å². The molecule has 86 valence electrons. The fourth-order valence-corrected chi connectivity index (χ4v) is 1.50. The maximum Gasteiger partial charge on any atom is 0.287 e. The number of hydrogen-bond donors (Lipinski definition) is 1. The van der Waals surface area contributed by atoms with Crippen molar-refractivity contribution >= 4 is 30.7 Å². The summed E-state index contributed by atoms with van der Waals surface area (Å²) in [6.07, 6.45) is 3.26. The lowest BCUT2D eigenvalue weighted by molar-refractivity contribution is -0.114. The second-order valence-electron chi connectivity index (χ2n) is 3.11. The Balaban J connectivity index is 0.000000980.